The maximum absolute atomic E-state index is 12.6. The van der Waals surface area contributed by atoms with Gasteiger partial charge < -0.3 is 15.0 Å². The highest BCUT2D eigenvalue weighted by atomic mass is 19.1. The Balaban J connectivity index is 1.18. The highest BCUT2D eigenvalue weighted by molar-refractivity contribution is 5.86. The SMILES string of the molecule is COc1ccc(CN2C3CC2CN(c2ccc(-c4cc(NCCCF)cn5ncc(C#N)c45)cn2)C3)cn1. The van der Waals surface area contributed by atoms with E-state index in [1.807, 2.05) is 30.7 Å². The van der Waals surface area contributed by atoms with Gasteiger partial charge in [-0.2, -0.15) is 10.4 Å². The van der Waals surface area contributed by atoms with Crippen LogP contribution in [0.2, 0.25) is 0 Å². The van der Waals surface area contributed by atoms with Crippen molar-refractivity contribution >= 4 is 17.0 Å². The number of fused-ring (bicyclic) bond motifs is 3. The summed E-state index contributed by atoms with van der Waals surface area (Å²) in [6.45, 7) is 2.92. The van der Waals surface area contributed by atoms with Crippen molar-refractivity contribution < 1.29 is 9.13 Å². The van der Waals surface area contributed by atoms with Gasteiger partial charge in [-0.3, -0.25) is 9.29 Å². The summed E-state index contributed by atoms with van der Waals surface area (Å²) in [6, 6.07) is 13.3. The van der Waals surface area contributed by atoms with Crippen molar-refractivity contribution in [1.29, 1.82) is 5.26 Å². The Hall–Kier alpha value is -4.23. The molecular formula is C28H29FN8O. The van der Waals surface area contributed by atoms with Gasteiger partial charge in [-0.15, -0.1) is 0 Å². The van der Waals surface area contributed by atoms with Crippen molar-refractivity contribution in [3.63, 3.8) is 0 Å². The van der Waals surface area contributed by atoms with Crippen LogP contribution in [0, 0.1) is 11.3 Å². The Kier molecular flexibility index (Phi) is 6.52. The van der Waals surface area contributed by atoms with Crippen LogP contribution in [0.25, 0.3) is 16.6 Å². The van der Waals surface area contributed by atoms with Crippen LogP contribution in [0.3, 0.4) is 0 Å². The van der Waals surface area contributed by atoms with E-state index in [1.54, 1.807) is 17.8 Å². The van der Waals surface area contributed by atoms with Crippen molar-refractivity contribution in [2.45, 2.75) is 31.5 Å². The number of anilines is 2. The van der Waals surface area contributed by atoms with Gasteiger partial charge in [0.15, 0.2) is 0 Å². The minimum atomic E-state index is -0.373. The largest absolute Gasteiger partial charge is 0.481 e. The maximum atomic E-state index is 12.6. The monoisotopic (exact) mass is 512 g/mol. The van der Waals surface area contributed by atoms with Gasteiger partial charge in [0, 0.05) is 67.8 Å². The second-order valence-electron chi connectivity index (χ2n) is 9.81. The van der Waals surface area contributed by atoms with E-state index < -0.39 is 0 Å². The van der Waals surface area contributed by atoms with Gasteiger partial charge in [0.1, 0.15) is 11.9 Å². The first-order valence-electron chi connectivity index (χ1n) is 12.8. The van der Waals surface area contributed by atoms with Crippen LogP contribution in [0.4, 0.5) is 15.9 Å². The third-order valence-electron chi connectivity index (χ3n) is 7.47. The summed E-state index contributed by atoms with van der Waals surface area (Å²) in [5, 5.41) is 17.2. The quantitative estimate of drug-likeness (QED) is 0.338. The number of nitriles is 1. The molecule has 0 radical (unpaired) electrons. The molecule has 4 aromatic heterocycles. The van der Waals surface area contributed by atoms with Crippen LogP contribution in [-0.2, 0) is 6.54 Å². The van der Waals surface area contributed by atoms with E-state index >= 15 is 0 Å². The number of piperidine rings is 1. The summed E-state index contributed by atoms with van der Waals surface area (Å²) < 4.78 is 19.5. The number of aromatic nitrogens is 4. The highest BCUT2D eigenvalue weighted by Gasteiger charge is 2.44. The lowest BCUT2D eigenvalue weighted by molar-refractivity contribution is -0.00876. The van der Waals surface area contributed by atoms with E-state index in [-0.39, 0.29) is 6.67 Å². The predicted molar refractivity (Wildman–Crippen MR) is 143 cm³/mol. The number of nitrogens with zero attached hydrogens (tertiary/aromatic N) is 7. The molecule has 3 aliphatic heterocycles. The first-order valence-corrected chi connectivity index (χ1v) is 12.8. The van der Waals surface area contributed by atoms with E-state index in [4.69, 9.17) is 9.72 Å². The fraction of sp³-hybridized carbons (Fsp3) is 0.357. The summed E-state index contributed by atoms with van der Waals surface area (Å²) in [5.74, 6) is 1.59. The average Bonchev–Trinajstić information content (AvgIpc) is 3.39. The molecule has 2 unspecified atom stereocenters. The Morgan fingerprint density at radius 2 is 2.00 bits per heavy atom. The lowest BCUT2D eigenvalue weighted by Crippen LogP contribution is -2.68. The van der Waals surface area contributed by atoms with E-state index in [0.29, 0.717) is 36.5 Å². The molecule has 7 rings (SSSR count). The Morgan fingerprint density at radius 3 is 2.68 bits per heavy atom. The Bertz CT molecular complexity index is 1450. The van der Waals surface area contributed by atoms with E-state index in [0.717, 1.165) is 47.8 Å². The number of ether oxygens (including phenoxy) is 1. The summed E-state index contributed by atoms with van der Waals surface area (Å²) in [7, 11) is 1.63. The first kappa shape index (κ1) is 24.1. The van der Waals surface area contributed by atoms with Crippen molar-refractivity contribution in [1.82, 2.24) is 24.5 Å². The van der Waals surface area contributed by atoms with E-state index in [9.17, 15) is 9.65 Å². The van der Waals surface area contributed by atoms with Gasteiger partial charge in [0.2, 0.25) is 5.88 Å². The molecule has 0 saturated carbocycles. The summed E-state index contributed by atoms with van der Waals surface area (Å²) >= 11 is 0. The zero-order chi connectivity index (χ0) is 26.1. The molecule has 1 N–H and O–H groups in total. The zero-order valence-electron chi connectivity index (χ0n) is 21.2. The molecule has 3 fully saturated rings. The third-order valence-corrected chi connectivity index (χ3v) is 7.47. The second kappa shape index (κ2) is 10.3. The van der Waals surface area contributed by atoms with Gasteiger partial charge in [0.05, 0.1) is 42.9 Å². The first-order chi connectivity index (χ1) is 18.7. The van der Waals surface area contributed by atoms with Gasteiger partial charge >= 0.3 is 0 Å². The molecule has 0 aliphatic carbocycles. The number of methoxy groups -OCH3 is 1. The molecule has 194 valence electrons. The van der Waals surface area contributed by atoms with E-state index in [2.05, 4.69) is 49.5 Å². The second-order valence-corrected chi connectivity index (χ2v) is 9.81. The number of piperazine rings is 1. The number of hydrogen-bond donors (Lipinski definition) is 1. The lowest BCUT2D eigenvalue weighted by atomic mass is 9.87. The number of rotatable bonds is 9. The standard InChI is InChI=1S/C28H29FN8O/c1-38-27-6-3-19(12-33-27)15-36-23-10-24(36)18-35(17-23)26-5-4-20(13-32-26)25-9-22(31-8-2-7-29)16-37-28(25)21(11-30)14-34-37/h3-6,9,12-14,16,23-24,31H,2,7-8,10,15,17-18H2,1H3. The van der Waals surface area contributed by atoms with E-state index in [1.165, 1.54) is 12.0 Å². The van der Waals surface area contributed by atoms with Crippen LogP contribution in [0.1, 0.15) is 24.0 Å². The molecule has 0 aromatic carbocycles. The zero-order valence-corrected chi connectivity index (χ0v) is 21.2. The molecule has 9 nitrogen and oxygen atoms in total. The number of alkyl halides is 1. The number of halogens is 1. The molecule has 10 heteroatoms. The third kappa shape index (κ3) is 4.50. The minimum absolute atomic E-state index is 0.373. The van der Waals surface area contributed by atoms with Crippen LogP contribution in [0.5, 0.6) is 5.88 Å². The number of pyridine rings is 3. The van der Waals surface area contributed by atoms with Crippen LogP contribution < -0.4 is 15.0 Å². The molecule has 7 heterocycles. The van der Waals surface area contributed by atoms with Gasteiger partial charge in [-0.1, -0.05) is 6.07 Å². The summed E-state index contributed by atoms with van der Waals surface area (Å²) in [4.78, 5) is 14.1. The normalized spacial score (nSPS) is 18.7. The van der Waals surface area contributed by atoms with Crippen LogP contribution in [-0.4, -0.2) is 70.0 Å². The van der Waals surface area contributed by atoms with Crippen molar-refractivity contribution in [3.8, 4) is 23.1 Å². The van der Waals surface area contributed by atoms with Gasteiger partial charge in [-0.05, 0) is 36.6 Å². The molecule has 2 atom stereocenters. The number of hydrogen-bond acceptors (Lipinski definition) is 8. The topological polar surface area (TPSA) is 94.6 Å². The molecular weight excluding hydrogens is 483 g/mol. The summed E-state index contributed by atoms with van der Waals surface area (Å²) in [6.07, 6.45) is 8.79. The fourth-order valence-corrected chi connectivity index (χ4v) is 5.52. The van der Waals surface area contributed by atoms with Gasteiger partial charge in [-0.25, -0.2) is 14.5 Å². The molecule has 3 saturated heterocycles. The maximum Gasteiger partial charge on any atom is 0.212 e. The van der Waals surface area contributed by atoms with Crippen molar-refractivity contribution in [3.05, 3.63) is 66.2 Å². The molecule has 0 amide bonds. The summed E-state index contributed by atoms with van der Waals surface area (Å²) in [5.41, 5.74) is 5.02. The fourth-order valence-electron chi connectivity index (χ4n) is 5.52. The van der Waals surface area contributed by atoms with Crippen molar-refractivity contribution in [2.75, 3.05) is 43.6 Å². The molecule has 2 bridgehead atoms. The molecule has 3 aliphatic rings. The highest BCUT2D eigenvalue weighted by Crippen LogP contribution is 2.36. The molecule has 0 spiro atoms. The predicted octanol–water partition coefficient (Wildman–Crippen LogP) is 3.91. The Labute approximate surface area is 220 Å². The minimum Gasteiger partial charge on any atom is -0.481 e. The smallest absolute Gasteiger partial charge is 0.212 e. The molecule has 4 aromatic rings. The lowest BCUT2D eigenvalue weighted by Gasteiger charge is -2.56. The Morgan fingerprint density at radius 1 is 1.13 bits per heavy atom. The van der Waals surface area contributed by atoms with Gasteiger partial charge in [0.25, 0.3) is 0 Å². The van der Waals surface area contributed by atoms with Crippen LogP contribution in [0.15, 0.2) is 55.1 Å². The van der Waals surface area contributed by atoms with Crippen LogP contribution >= 0.6 is 0 Å². The average molecular weight is 513 g/mol. The number of nitrogens with one attached hydrogen (secondary N) is 1. The molecule has 38 heavy (non-hydrogen) atoms. The van der Waals surface area contributed by atoms with Crippen molar-refractivity contribution in [2.24, 2.45) is 0 Å².